The number of fused-ring (bicyclic) bond motifs is 1. The molecule has 0 saturated carbocycles. The molecule has 17 heavy (non-hydrogen) atoms. The monoisotopic (exact) mass is 264 g/mol. The Morgan fingerprint density at radius 2 is 2.29 bits per heavy atom. The van der Waals surface area contributed by atoms with E-state index in [1.807, 2.05) is 23.9 Å². The molecule has 1 aromatic carbocycles. The summed E-state index contributed by atoms with van der Waals surface area (Å²) in [6, 6.07) is 8.28. The lowest BCUT2D eigenvalue weighted by atomic mass is 10.3. The van der Waals surface area contributed by atoms with Crippen molar-refractivity contribution in [1.82, 2.24) is 10.3 Å². The van der Waals surface area contributed by atoms with Gasteiger partial charge in [0, 0.05) is 24.6 Å². The molecule has 0 fully saturated rings. The molecule has 0 atom stereocenters. The maximum Gasteiger partial charge on any atom is 0.108 e. The standard InChI is InChI=1S/C13H16N2S2/c1-2-8-16-9-7-14-10-13-15-11-5-3-4-6-12(11)17-13/h2-6,14H,1,7-10H2. The SMILES string of the molecule is C=CCSCCNCc1nc2ccccc2s1. The van der Waals surface area contributed by atoms with Crippen LogP contribution in [0.4, 0.5) is 0 Å². The van der Waals surface area contributed by atoms with Gasteiger partial charge in [-0.3, -0.25) is 0 Å². The summed E-state index contributed by atoms with van der Waals surface area (Å²) in [7, 11) is 0. The van der Waals surface area contributed by atoms with Crippen molar-refractivity contribution in [2.24, 2.45) is 0 Å². The van der Waals surface area contributed by atoms with Crippen molar-refractivity contribution in [3.05, 3.63) is 41.9 Å². The molecule has 0 unspecified atom stereocenters. The van der Waals surface area contributed by atoms with Gasteiger partial charge < -0.3 is 5.32 Å². The number of hydrogen-bond donors (Lipinski definition) is 1. The van der Waals surface area contributed by atoms with Gasteiger partial charge in [-0.15, -0.1) is 17.9 Å². The second kappa shape index (κ2) is 6.79. The van der Waals surface area contributed by atoms with E-state index in [9.17, 15) is 0 Å². The summed E-state index contributed by atoms with van der Waals surface area (Å²) >= 11 is 3.66. The number of nitrogens with one attached hydrogen (secondary N) is 1. The molecule has 0 amide bonds. The Kier molecular flexibility index (Phi) is 5.04. The van der Waals surface area contributed by atoms with Gasteiger partial charge >= 0.3 is 0 Å². The number of thioether (sulfide) groups is 1. The summed E-state index contributed by atoms with van der Waals surface area (Å²) in [5.74, 6) is 2.15. The molecule has 0 saturated heterocycles. The van der Waals surface area contributed by atoms with Crippen LogP contribution in [0.25, 0.3) is 10.2 Å². The normalized spacial score (nSPS) is 10.8. The van der Waals surface area contributed by atoms with Crippen molar-refractivity contribution in [1.29, 1.82) is 0 Å². The largest absolute Gasteiger partial charge is 0.310 e. The average molecular weight is 264 g/mol. The van der Waals surface area contributed by atoms with E-state index in [1.165, 1.54) is 9.71 Å². The second-order valence-corrected chi connectivity index (χ2v) is 5.88. The minimum Gasteiger partial charge on any atom is -0.310 e. The first-order valence-corrected chi connectivity index (χ1v) is 7.61. The molecule has 0 bridgehead atoms. The van der Waals surface area contributed by atoms with Crippen molar-refractivity contribution in [2.45, 2.75) is 6.54 Å². The van der Waals surface area contributed by atoms with Gasteiger partial charge in [0.15, 0.2) is 0 Å². The molecule has 4 heteroatoms. The van der Waals surface area contributed by atoms with Gasteiger partial charge in [-0.2, -0.15) is 11.8 Å². The first kappa shape index (κ1) is 12.6. The maximum atomic E-state index is 4.58. The minimum atomic E-state index is 0.869. The summed E-state index contributed by atoms with van der Waals surface area (Å²) in [6.07, 6.45) is 1.94. The smallest absolute Gasteiger partial charge is 0.108 e. The van der Waals surface area contributed by atoms with Crippen LogP contribution in [0.5, 0.6) is 0 Å². The van der Waals surface area contributed by atoms with Crippen LogP contribution < -0.4 is 5.32 Å². The third kappa shape index (κ3) is 3.84. The molecular weight excluding hydrogens is 248 g/mol. The highest BCUT2D eigenvalue weighted by atomic mass is 32.2. The fourth-order valence-electron chi connectivity index (χ4n) is 1.50. The molecule has 2 aromatic rings. The Hall–Kier alpha value is -0.840. The minimum absolute atomic E-state index is 0.869. The van der Waals surface area contributed by atoms with Crippen LogP contribution in [0.15, 0.2) is 36.9 Å². The van der Waals surface area contributed by atoms with E-state index in [0.717, 1.165) is 30.1 Å². The summed E-state index contributed by atoms with van der Waals surface area (Å²) in [5.41, 5.74) is 1.11. The first-order valence-electron chi connectivity index (χ1n) is 5.64. The number of rotatable bonds is 7. The quantitative estimate of drug-likeness (QED) is 0.613. The predicted octanol–water partition coefficient (Wildman–Crippen LogP) is 3.31. The zero-order chi connectivity index (χ0) is 11.9. The summed E-state index contributed by atoms with van der Waals surface area (Å²) in [6.45, 7) is 5.59. The molecule has 0 spiro atoms. The lowest BCUT2D eigenvalue weighted by Crippen LogP contribution is -2.16. The van der Waals surface area contributed by atoms with Gasteiger partial charge in [0.05, 0.1) is 10.2 Å². The highest BCUT2D eigenvalue weighted by Crippen LogP contribution is 2.21. The Morgan fingerprint density at radius 3 is 3.12 bits per heavy atom. The van der Waals surface area contributed by atoms with Gasteiger partial charge in [-0.1, -0.05) is 18.2 Å². The molecule has 1 aromatic heterocycles. The Balaban J connectivity index is 1.77. The Morgan fingerprint density at radius 1 is 1.41 bits per heavy atom. The van der Waals surface area contributed by atoms with E-state index in [2.05, 4.69) is 35.1 Å². The van der Waals surface area contributed by atoms with E-state index in [-0.39, 0.29) is 0 Å². The molecule has 0 aliphatic heterocycles. The molecule has 2 rings (SSSR count). The van der Waals surface area contributed by atoms with E-state index < -0.39 is 0 Å². The number of thiazole rings is 1. The molecule has 0 aliphatic carbocycles. The molecule has 2 nitrogen and oxygen atoms in total. The Labute approximate surface area is 110 Å². The number of hydrogen-bond acceptors (Lipinski definition) is 4. The van der Waals surface area contributed by atoms with Crippen LogP contribution in [0.1, 0.15) is 5.01 Å². The molecule has 0 aliphatic rings. The van der Waals surface area contributed by atoms with Crippen LogP contribution in [0.2, 0.25) is 0 Å². The van der Waals surface area contributed by atoms with Crippen LogP contribution in [0.3, 0.4) is 0 Å². The van der Waals surface area contributed by atoms with Crippen LogP contribution in [0, 0.1) is 0 Å². The molecular formula is C13H16N2S2. The number of benzene rings is 1. The molecule has 1 N–H and O–H groups in total. The topological polar surface area (TPSA) is 24.9 Å². The zero-order valence-electron chi connectivity index (χ0n) is 9.69. The summed E-state index contributed by atoms with van der Waals surface area (Å²) in [4.78, 5) is 4.58. The van der Waals surface area contributed by atoms with Crippen molar-refractivity contribution in [2.75, 3.05) is 18.1 Å². The van der Waals surface area contributed by atoms with Gasteiger partial charge in [-0.25, -0.2) is 4.98 Å². The van der Waals surface area contributed by atoms with E-state index in [1.54, 1.807) is 11.3 Å². The maximum absolute atomic E-state index is 4.58. The lowest BCUT2D eigenvalue weighted by molar-refractivity contribution is 0.729. The van der Waals surface area contributed by atoms with Gasteiger partial charge in [0.2, 0.25) is 0 Å². The molecule has 0 radical (unpaired) electrons. The second-order valence-electron chi connectivity index (χ2n) is 3.62. The highest BCUT2D eigenvalue weighted by Gasteiger charge is 2.01. The van der Waals surface area contributed by atoms with E-state index in [4.69, 9.17) is 0 Å². The van der Waals surface area contributed by atoms with Crippen LogP contribution in [-0.2, 0) is 6.54 Å². The van der Waals surface area contributed by atoms with Crippen molar-refractivity contribution < 1.29 is 0 Å². The fraction of sp³-hybridized carbons (Fsp3) is 0.308. The number of para-hydroxylation sites is 1. The third-order valence-corrected chi connectivity index (χ3v) is 4.27. The van der Waals surface area contributed by atoms with Crippen molar-refractivity contribution in [3.63, 3.8) is 0 Å². The zero-order valence-corrected chi connectivity index (χ0v) is 11.3. The fourth-order valence-corrected chi connectivity index (χ4v) is 3.06. The highest BCUT2D eigenvalue weighted by molar-refractivity contribution is 7.99. The molecule has 90 valence electrons. The predicted molar refractivity (Wildman–Crippen MR) is 78.8 cm³/mol. The van der Waals surface area contributed by atoms with Crippen molar-refractivity contribution >= 4 is 33.3 Å². The van der Waals surface area contributed by atoms with Gasteiger partial charge in [0.25, 0.3) is 0 Å². The van der Waals surface area contributed by atoms with E-state index >= 15 is 0 Å². The third-order valence-electron chi connectivity index (χ3n) is 2.27. The van der Waals surface area contributed by atoms with E-state index in [0.29, 0.717) is 0 Å². The van der Waals surface area contributed by atoms with Crippen LogP contribution >= 0.6 is 23.1 Å². The van der Waals surface area contributed by atoms with Crippen molar-refractivity contribution in [3.8, 4) is 0 Å². The average Bonchev–Trinajstić information content (AvgIpc) is 2.76. The van der Waals surface area contributed by atoms with Gasteiger partial charge in [-0.05, 0) is 12.1 Å². The van der Waals surface area contributed by atoms with Crippen LogP contribution in [-0.4, -0.2) is 23.0 Å². The summed E-state index contributed by atoms with van der Waals surface area (Å²) < 4.78 is 1.27. The number of nitrogens with zero attached hydrogens (tertiary/aromatic N) is 1. The molecule has 1 heterocycles. The van der Waals surface area contributed by atoms with Gasteiger partial charge in [0.1, 0.15) is 5.01 Å². The number of aromatic nitrogens is 1. The first-order chi connectivity index (χ1) is 8.40. The Bertz CT molecular complexity index is 446. The lowest BCUT2D eigenvalue weighted by Gasteiger charge is -2.00. The summed E-state index contributed by atoms with van der Waals surface area (Å²) in [5, 5.41) is 4.58.